The number of hydrogen-bond donors (Lipinski definition) is 0. The van der Waals surface area contributed by atoms with Gasteiger partial charge in [0, 0.05) is 17.2 Å². The zero-order valence-corrected chi connectivity index (χ0v) is 12.0. The molecule has 0 aliphatic heterocycles. The summed E-state index contributed by atoms with van der Waals surface area (Å²) >= 11 is 12.2. The van der Waals surface area contributed by atoms with Gasteiger partial charge in [0.15, 0.2) is 0 Å². The van der Waals surface area contributed by atoms with E-state index >= 15 is 0 Å². The highest BCUT2D eigenvalue weighted by Gasteiger charge is 2.27. The number of ether oxygens (including phenoxy) is 1. The Labute approximate surface area is 114 Å². The van der Waals surface area contributed by atoms with Gasteiger partial charge in [0.25, 0.3) is 0 Å². The minimum Gasteiger partial charge on any atom is -0.497 e. The largest absolute Gasteiger partial charge is 0.497 e. The number of hydrogen-bond acceptors (Lipinski definition) is 1. The number of benzene rings is 1. The summed E-state index contributed by atoms with van der Waals surface area (Å²) in [5.74, 6) is 2.08. The van der Waals surface area contributed by atoms with Crippen molar-refractivity contribution in [3.63, 3.8) is 0 Å². The highest BCUT2D eigenvalue weighted by Crippen LogP contribution is 2.32. The van der Waals surface area contributed by atoms with E-state index < -0.39 is 0 Å². The lowest BCUT2D eigenvalue weighted by atomic mass is 9.81. The van der Waals surface area contributed by atoms with Crippen molar-refractivity contribution in [2.45, 2.75) is 26.2 Å². The second kappa shape index (κ2) is 7.13. The molecule has 0 aliphatic carbocycles. The van der Waals surface area contributed by atoms with Crippen LogP contribution in [-0.2, 0) is 6.42 Å². The Morgan fingerprint density at radius 1 is 1.24 bits per heavy atom. The topological polar surface area (TPSA) is 9.23 Å². The summed E-state index contributed by atoms with van der Waals surface area (Å²) in [6.07, 6.45) is 3.06. The summed E-state index contributed by atoms with van der Waals surface area (Å²) < 4.78 is 5.23. The van der Waals surface area contributed by atoms with Crippen molar-refractivity contribution >= 4 is 23.2 Å². The van der Waals surface area contributed by atoms with Crippen LogP contribution in [0.5, 0.6) is 5.75 Å². The number of halogens is 2. The van der Waals surface area contributed by atoms with Crippen LogP contribution in [0.15, 0.2) is 24.3 Å². The Balaban J connectivity index is 2.84. The van der Waals surface area contributed by atoms with Gasteiger partial charge in [0.2, 0.25) is 0 Å². The predicted octanol–water partition coefficient (Wildman–Crippen LogP) is 4.50. The summed E-state index contributed by atoms with van der Waals surface area (Å²) in [7, 11) is 1.68. The fourth-order valence-electron chi connectivity index (χ4n) is 2.10. The summed E-state index contributed by atoms with van der Waals surface area (Å²) in [4.78, 5) is 0. The summed E-state index contributed by atoms with van der Waals surface area (Å²) in [6.45, 7) is 2.17. The first kappa shape index (κ1) is 14.7. The van der Waals surface area contributed by atoms with Gasteiger partial charge in [-0.3, -0.25) is 0 Å². The van der Waals surface area contributed by atoms with E-state index in [1.54, 1.807) is 7.11 Å². The van der Waals surface area contributed by atoms with Crippen molar-refractivity contribution < 1.29 is 4.74 Å². The molecule has 0 spiro atoms. The molecule has 0 heterocycles. The molecule has 1 rings (SSSR count). The Kier molecular flexibility index (Phi) is 6.15. The fourth-order valence-corrected chi connectivity index (χ4v) is 2.84. The zero-order chi connectivity index (χ0) is 12.7. The molecule has 0 aromatic heterocycles. The van der Waals surface area contributed by atoms with Gasteiger partial charge in [-0.05, 0) is 30.5 Å². The second-order valence-corrected chi connectivity index (χ2v) is 5.08. The van der Waals surface area contributed by atoms with Crippen molar-refractivity contribution in [2.75, 3.05) is 18.9 Å². The third-order valence-electron chi connectivity index (χ3n) is 3.06. The summed E-state index contributed by atoms with van der Waals surface area (Å²) in [5.41, 5.74) is 1.24. The highest BCUT2D eigenvalue weighted by molar-refractivity contribution is 6.21. The van der Waals surface area contributed by atoms with Crippen molar-refractivity contribution in [2.24, 2.45) is 5.41 Å². The maximum Gasteiger partial charge on any atom is 0.119 e. The lowest BCUT2D eigenvalue weighted by Crippen LogP contribution is -2.27. The van der Waals surface area contributed by atoms with Gasteiger partial charge in [0.05, 0.1) is 7.11 Å². The van der Waals surface area contributed by atoms with Crippen molar-refractivity contribution in [1.29, 1.82) is 0 Å². The molecule has 17 heavy (non-hydrogen) atoms. The first-order valence-electron chi connectivity index (χ1n) is 5.94. The molecule has 0 bridgehead atoms. The molecular formula is C14H20Cl2O. The van der Waals surface area contributed by atoms with Crippen LogP contribution in [0, 0.1) is 5.41 Å². The smallest absolute Gasteiger partial charge is 0.119 e. The van der Waals surface area contributed by atoms with E-state index in [0.29, 0.717) is 11.8 Å². The van der Waals surface area contributed by atoms with Gasteiger partial charge >= 0.3 is 0 Å². The van der Waals surface area contributed by atoms with Gasteiger partial charge in [-0.25, -0.2) is 0 Å². The van der Waals surface area contributed by atoms with Crippen LogP contribution in [0.2, 0.25) is 0 Å². The maximum absolute atomic E-state index is 6.11. The van der Waals surface area contributed by atoms with Gasteiger partial charge in [0.1, 0.15) is 5.75 Å². The first-order chi connectivity index (χ1) is 8.19. The van der Waals surface area contributed by atoms with Crippen LogP contribution >= 0.6 is 23.2 Å². The van der Waals surface area contributed by atoms with Gasteiger partial charge in [-0.15, -0.1) is 23.2 Å². The van der Waals surface area contributed by atoms with Crippen molar-refractivity contribution in [1.82, 2.24) is 0 Å². The summed E-state index contributed by atoms with van der Waals surface area (Å²) in [5, 5.41) is 0. The monoisotopic (exact) mass is 274 g/mol. The molecule has 3 heteroatoms. The second-order valence-electron chi connectivity index (χ2n) is 4.55. The molecule has 0 saturated carbocycles. The molecular weight excluding hydrogens is 255 g/mol. The molecule has 96 valence electrons. The molecule has 0 saturated heterocycles. The SMILES string of the molecule is CCCC(CCl)(CCl)Cc1cccc(OC)c1. The molecule has 0 radical (unpaired) electrons. The van der Waals surface area contributed by atoms with Gasteiger partial charge in [-0.1, -0.05) is 25.5 Å². The van der Waals surface area contributed by atoms with E-state index in [1.165, 1.54) is 5.56 Å². The summed E-state index contributed by atoms with van der Waals surface area (Å²) in [6, 6.07) is 8.12. The molecule has 0 fully saturated rings. The molecule has 0 aliphatic rings. The van der Waals surface area contributed by atoms with E-state index in [2.05, 4.69) is 19.1 Å². The zero-order valence-electron chi connectivity index (χ0n) is 10.5. The Bertz CT molecular complexity index is 335. The fraction of sp³-hybridized carbons (Fsp3) is 0.571. The molecule has 0 N–H and O–H groups in total. The lowest BCUT2D eigenvalue weighted by Gasteiger charge is -2.29. The Morgan fingerprint density at radius 2 is 1.94 bits per heavy atom. The van der Waals surface area contributed by atoms with Crippen LogP contribution in [-0.4, -0.2) is 18.9 Å². The molecule has 0 amide bonds. The quantitative estimate of drug-likeness (QED) is 0.666. The van der Waals surface area contributed by atoms with Crippen LogP contribution in [0.1, 0.15) is 25.3 Å². The molecule has 1 aromatic rings. The standard InChI is InChI=1S/C14H20Cl2O/c1-3-7-14(10-15,11-16)9-12-5-4-6-13(8-12)17-2/h4-6,8H,3,7,9-11H2,1-2H3. The molecule has 1 aromatic carbocycles. The third-order valence-corrected chi connectivity index (χ3v) is 4.19. The normalized spacial score (nSPS) is 11.5. The minimum atomic E-state index is 0.00419. The van der Waals surface area contributed by atoms with E-state index in [1.807, 2.05) is 12.1 Å². The van der Waals surface area contributed by atoms with Crippen LogP contribution < -0.4 is 4.74 Å². The van der Waals surface area contributed by atoms with Crippen LogP contribution in [0.4, 0.5) is 0 Å². The Morgan fingerprint density at radius 3 is 2.47 bits per heavy atom. The number of alkyl halides is 2. The van der Waals surface area contributed by atoms with E-state index in [0.717, 1.165) is 25.0 Å². The average Bonchev–Trinajstić information content (AvgIpc) is 2.38. The van der Waals surface area contributed by atoms with E-state index in [4.69, 9.17) is 27.9 Å². The van der Waals surface area contributed by atoms with Crippen LogP contribution in [0.3, 0.4) is 0 Å². The number of methoxy groups -OCH3 is 1. The Hall–Kier alpha value is -0.400. The predicted molar refractivity (Wildman–Crippen MR) is 75.5 cm³/mol. The average molecular weight is 275 g/mol. The van der Waals surface area contributed by atoms with E-state index in [9.17, 15) is 0 Å². The van der Waals surface area contributed by atoms with Crippen molar-refractivity contribution in [3.05, 3.63) is 29.8 Å². The van der Waals surface area contributed by atoms with Gasteiger partial charge in [-0.2, -0.15) is 0 Å². The third kappa shape index (κ3) is 4.08. The number of rotatable bonds is 7. The van der Waals surface area contributed by atoms with Crippen molar-refractivity contribution in [3.8, 4) is 5.75 Å². The first-order valence-corrected chi connectivity index (χ1v) is 7.01. The maximum atomic E-state index is 6.11. The van der Waals surface area contributed by atoms with Crippen LogP contribution in [0.25, 0.3) is 0 Å². The highest BCUT2D eigenvalue weighted by atomic mass is 35.5. The minimum absolute atomic E-state index is 0.00419. The lowest BCUT2D eigenvalue weighted by molar-refractivity contribution is 0.340. The molecule has 1 nitrogen and oxygen atoms in total. The molecule has 0 unspecified atom stereocenters. The van der Waals surface area contributed by atoms with E-state index in [-0.39, 0.29) is 5.41 Å². The van der Waals surface area contributed by atoms with Gasteiger partial charge < -0.3 is 4.74 Å². The molecule has 0 atom stereocenters.